The van der Waals surface area contributed by atoms with Crippen molar-refractivity contribution in [3.8, 4) is 0 Å². The van der Waals surface area contributed by atoms with Crippen LogP contribution in [0, 0.1) is 0 Å². The van der Waals surface area contributed by atoms with Gasteiger partial charge in [-0.15, -0.1) is 0 Å². The summed E-state index contributed by atoms with van der Waals surface area (Å²) in [6, 6.07) is 5.58. The second-order valence-corrected chi connectivity index (χ2v) is 5.26. The highest BCUT2D eigenvalue weighted by molar-refractivity contribution is 7.80. The summed E-state index contributed by atoms with van der Waals surface area (Å²) in [6.07, 6.45) is 3.74. The molecule has 0 aliphatic carbocycles. The maximum atomic E-state index is 6.16. The summed E-state index contributed by atoms with van der Waals surface area (Å²) >= 11 is 11.1. The summed E-state index contributed by atoms with van der Waals surface area (Å²) in [4.78, 5) is 0.364. The first kappa shape index (κ1) is 13.6. The lowest BCUT2D eigenvalue weighted by atomic mass is 10.1. The largest absolute Gasteiger partial charge is 0.389 e. The summed E-state index contributed by atoms with van der Waals surface area (Å²) in [5.41, 5.74) is 7.25. The van der Waals surface area contributed by atoms with Crippen molar-refractivity contribution in [2.75, 3.05) is 18.5 Å². The van der Waals surface area contributed by atoms with Crippen LogP contribution in [0.4, 0.5) is 5.69 Å². The number of halogens is 1. The van der Waals surface area contributed by atoms with E-state index in [2.05, 4.69) is 5.32 Å². The lowest BCUT2D eigenvalue weighted by molar-refractivity contribution is 0.107. The first-order chi connectivity index (χ1) is 8.66. The van der Waals surface area contributed by atoms with Crippen molar-refractivity contribution in [2.45, 2.75) is 25.4 Å². The van der Waals surface area contributed by atoms with Crippen molar-refractivity contribution in [3.63, 3.8) is 0 Å². The van der Waals surface area contributed by atoms with Gasteiger partial charge in [0.25, 0.3) is 0 Å². The first-order valence-corrected chi connectivity index (χ1v) is 6.90. The summed E-state index contributed by atoms with van der Waals surface area (Å²) in [7, 11) is 0. The average Bonchev–Trinajstić information content (AvgIpc) is 2.84. The predicted molar refractivity (Wildman–Crippen MR) is 79.4 cm³/mol. The Morgan fingerprint density at radius 2 is 2.39 bits per heavy atom. The van der Waals surface area contributed by atoms with E-state index in [0.717, 1.165) is 37.2 Å². The average molecular weight is 285 g/mol. The Labute approximate surface area is 118 Å². The molecule has 1 aromatic rings. The molecule has 1 fully saturated rings. The van der Waals surface area contributed by atoms with Gasteiger partial charge in [0.1, 0.15) is 4.99 Å². The van der Waals surface area contributed by atoms with Gasteiger partial charge >= 0.3 is 0 Å². The lowest BCUT2D eigenvalue weighted by Gasteiger charge is -2.12. The van der Waals surface area contributed by atoms with Crippen LogP contribution in [0.3, 0.4) is 0 Å². The van der Waals surface area contributed by atoms with Crippen LogP contribution in [0.2, 0.25) is 5.02 Å². The molecule has 0 spiro atoms. The van der Waals surface area contributed by atoms with Gasteiger partial charge in [0, 0.05) is 18.7 Å². The summed E-state index contributed by atoms with van der Waals surface area (Å²) in [5, 5.41) is 3.96. The number of ether oxygens (including phenoxy) is 1. The number of hydrogen-bond donors (Lipinski definition) is 2. The number of nitrogens with two attached hydrogens (primary N) is 1. The topological polar surface area (TPSA) is 47.3 Å². The molecule has 1 aliphatic rings. The van der Waals surface area contributed by atoms with Gasteiger partial charge in [0.05, 0.1) is 16.8 Å². The third-order valence-corrected chi connectivity index (χ3v) is 3.61. The van der Waals surface area contributed by atoms with Crippen LogP contribution in [-0.2, 0) is 4.74 Å². The smallest absolute Gasteiger partial charge is 0.104 e. The van der Waals surface area contributed by atoms with Crippen LogP contribution in [0.15, 0.2) is 18.2 Å². The number of hydrogen-bond acceptors (Lipinski definition) is 3. The van der Waals surface area contributed by atoms with Crippen LogP contribution in [0.25, 0.3) is 0 Å². The van der Waals surface area contributed by atoms with E-state index in [0.29, 0.717) is 16.1 Å². The minimum atomic E-state index is 0.364. The van der Waals surface area contributed by atoms with Crippen molar-refractivity contribution in [1.29, 1.82) is 0 Å². The molecule has 0 radical (unpaired) electrons. The molecule has 2 rings (SSSR count). The molecule has 1 saturated heterocycles. The number of anilines is 1. The zero-order chi connectivity index (χ0) is 13.0. The van der Waals surface area contributed by atoms with Crippen molar-refractivity contribution in [3.05, 3.63) is 28.8 Å². The number of thiocarbonyl (C=S) groups is 1. The molecule has 0 amide bonds. The highest BCUT2D eigenvalue weighted by Crippen LogP contribution is 2.23. The van der Waals surface area contributed by atoms with Gasteiger partial charge in [-0.25, -0.2) is 0 Å². The normalized spacial score (nSPS) is 18.8. The fourth-order valence-electron chi connectivity index (χ4n) is 2.05. The van der Waals surface area contributed by atoms with E-state index in [1.54, 1.807) is 6.07 Å². The monoisotopic (exact) mass is 284 g/mol. The van der Waals surface area contributed by atoms with E-state index in [1.165, 1.54) is 6.42 Å². The van der Waals surface area contributed by atoms with Crippen LogP contribution < -0.4 is 11.1 Å². The Hall–Kier alpha value is -0.840. The predicted octanol–water partition coefficient (Wildman–Crippen LogP) is 2.96. The second kappa shape index (κ2) is 6.36. The molecule has 3 N–H and O–H groups in total. The third kappa shape index (κ3) is 3.57. The van der Waals surface area contributed by atoms with E-state index < -0.39 is 0 Å². The molecule has 1 aromatic carbocycles. The highest BCUT2D eigenvalue weighted by Gasteiger charge is 2.14. The van der Waals surface area contributed by atoms with Crippen molar-refractivity contribution < 1.29 is 4.74 Å². The van der Waals surface area contributed by atoms with Crippen molar-refractivity contribution in [2.24, 2.45) is 5.73 Å². The zero-order valence-electron chi connectivity index (χ0n) is 10.1. The molecule has 98 valence electrons. The Morgan fingerprint density at radius 1 is 1.56 bits per heavy atom. The number of benzene rings is 1. The fourth-order valence-corrected chi connectivity index (χ4v) is 2.43. The Balaban J connectivity index is 1.87. The molecule has 18 heavy (non-hydrogen) atoms. The standard InChI is InChI=1S/C13H17ClN2OS/c14-11-8-9(13(15)18)3-4-12(11)16-6-5-10-2-1-7-17-10/h3-4,8,10,16H,1-2,5-7H2,(H2,15,18). The molecule has 3 nitrogen and oxygen atoms in total. The van der Waals surface area contributed by atoms with Crippen LogP contribution in [0.5, 0.6) is 0 Å². The van der Waals surface area contributed by atoms with Gasteiger partial charge in [-0.3, -0.25) is 0 Å². The Kier molecular flexibility index (Phi) is 4.80. The van der Waals surface area contributed by atoms with E-state index >= 15 is 0 Å². The summed E-state index contributed by atoms with van der Waals surface area (Å²) in [6.45, 7) is 1.75. The van der Waals surface area contributed by atoms with Crippen LogP contribution in [0.1, 0.15) is 24.8 Å². The molecule has 5 heteroatoms. The highest BCUT2D eigenvalue weighted by atomic mass is 35.5. The maximum absolute atomic E-state index is 6.16. The fraction of sp³-hybridized carbons (Fsp3) is 0.462. The second-order valence-electron chi connectivity index (χ2n) is 4.41. The lowest BCUT2D eigenvalue weighted by Crippen LogP contribution is -2.13. The molecular weight excluding hydrogens is 268 g/mol. The van der Waals surface area contributed by atoms with Crippen LogP contribution >= 0.6 is 23.8 Å². The Morgan fingerprint density at radius 3 is 3.00 bits per heavy atom. The van der Waals surface area contributed by atoms with Gasteiger partial charge in [-0.2, -0.15) is 0 Å². The summed E-state index contributed by atoms with van der Waals surface area (Å²) in [5.74, 6) is 0. The van der Waals surface area contributed by atoms with Gasteiger partial charge in [0.2, 0.25) is 0 Å². The van der Waals surface area contributed by atoms with Crippen LogP contribution in [-0.4, -0.2) is 24.2 Å². The molecule has 1 aliphatic heterocycles. The molecule has 1 atom stereocenters. The van der Waals surface area contributed by atoms with Crippen molar-refractivity contribution in [1.82, 2.24) is 0 Å². The van der Waals surface area contributed by atoms with Gasteiger partial charge in [0.15, 0.2) is 0 Å². The van der Waals surface area contributed by atoms with E-state index in [4.69, 9.17) is 34.3 Å². The molecule has 1 heterocycles. The SMILES string of the molecule is NC(=S)c1ccc(NCCC2CCCO2)c(Cl)c1. The van der Waals surface area contributed by atoms with Gasteiger partial charge in [-0.05, 0) is 37.5 Å². The van der Waals surface area contributed by atoms with E-state index in [1.807, 2.05) is 12.1 Å². The molecule has 0 aromatic heterocycles. The van der Waals surface area contributed by atoms with E-state index in [9.17, 15) is 0 Å². The first-order valence-electron chi connectivity index (χ1n) is 6.11. The molecule has 0 saturated carbocycles. The Bertz CT molecular complexity index is 433. The number of rotatable bonds is 5. The van der Waals surface area contributed by atoms with Crippen molar-refractivity contribution >= 4 is 34.5 Å². The molecule has 0 bridgehead atoms. The minimum absolute atomic E-state index is 0.364. The maximum Gasteiger partial charge on any atom is 0.104 e. The zero-order valence-corrected chi connectivity index (χ0v) is 11.7. The molecular formula is C13H17ClN2OS. The molecule has 1 unspecified atom stereocenters. The quantitative estimate of drug-likeness (QED) is 0.816. The van der Waals surface area contributed by atoms with E-state index in [-0.39, 0.29) is 0 Å². The van der Waals surface area contributed by atoms with Gasteiger partial charge < -0.3 is 15.8 Å². The van der Waals surface area contributed by atoms with Gasteiger partial charge in [-0.1, -0.05) is 23.8 Å². The number of nitrogens with one attached hydrogen (secondary N) is 1. The minimum Gasteiger partial charge on any atom is -0.389 e. The third-order valence-electron chi connectivity index (χ3n) is 3.06. The summed E-state index contributed by atoms with van der Waals surface area (Å²) < 4.78 is 5.57.